The Labute approximate surface area is 222 Å². The van der Waals surface area contributed by atoms with Crippen LogP contribution in [0.1, 0.15) is 35.7 Å². The van der Waals surface area contributed by atoms with E-state index in [9.17, 15) is 22.7 Å². The number of nitrogens with one attached hydrogen (secondary N) is 1. The molecule has 0 aromatic heterocycles. The van der Waals surface area contributed by atoms with E-state index in [-0.39, 0.29) is 48.7 Å². The van der Waals surface area contributed by atoms with Crippen LogP contribution in [0, 0.1) is 17.7 Å². The standard InChI is InChI=1S/C28H31FN4O4S/c1-18-25-15-31-33(23-10-8-22(29)9-11-23)26(25)14-19-6-7-20(27(18)19)16-32(12-13-34)38(36,37)17-21-4-2-3-5-24(21)28(30)35/h2-5,8-11,14-15,18,20,31,34H,6-7,12-13,16-17H2,1H3,(H2,30,35)/t18-,20+/m0/s1. The zero-order valence-electron chi connectivity index (χ0n) is 21.1. The summed E-state index contributed by atoms with van der Waals surface area (Å²) in [6, 6.07) is 12.7. The van der Waals surface area contributed by atoms with Crippen molar-refractivity contribution in [3.8, 4) is 0 Å². The van der Waals surface area contributed by atoms with Crippen LogP contribution in [-0.2, 0) is 15.8 Å². The van der Waals surface area contributed by atoms with E-state index in [1.807, 2.05) is 11.2 Å². The largest absolute Gasteiger partial charge is 0.395 e. The monoisotopic (exact) mass is 538 g/mol. The summed E-state index contributed by atoms with van der Waals surface area (Å²) in [6.07, 6.45) is 5.70. The summed E-state index contributed by atoms with van der Waals surface area (Å²) in [5.41, 5.74) is 14.6. The smallest absolute Gasteiger partial charge is 0.249 e. The second-order valence-corrected chi connectivity index (χ2v) is 11.8. The van der Waals surface area contributed by atoms with Crippen LogP contribution in [0.5, 0.6) is 0 Å². The molecule has 200 valence electrons. The molecule has 1 heterocycles. The first-order valence-electron chi connectivity index (χ1n) is 12.6. The Bertz CT molecular complexity index is 1450. The molecule has 5 rings (SSSR count). The molecule has 0 bridgehead atoms. The molecule has 2 aliphatic carbocycles. The average molecular weight is 539 g/mol. The van der Waals surface area contributed by atoms with E-state index in [1.54, 1.807) is 30.3 Å². The van der Waals surface area contributed by atoms with Gasteiger partial charge in [-0.2, -0.15) is 4.31 Å². The van der Waals surface area contributed by atoms with Gasteiger partial charge >= 0.3 is 0 Å². The molecule has 0 saturated carbocycles. The summed E-state index contributed by atoms with van der Waals surface area (Å²) in [5, 5.41) is 11.6. The first-order valence-corrected chi connectivity index (χ1v) is 14.2. The number of allylic oxidation sites excluding steroid dienone is 3. The summed E-state index contributed by atoms with van der Waals surface area (Å²) in [6.45, 7) is 2.03. The Hall–Kier alpha value is -3.47. The van der Waals surface area contributed by atoms with Gasteiger partial charge in [-0.1, -0.05) is 30.7 Å². The predicted molar refractivity (Wildman–Crippen MR) is 143 cm³/mol. The van der Waals surface area contributed by atoms with Crippen LogP contribution in [0.15, 0.2) is 83.2 Å². The summed E-state index contributed by atoms with van der Waals surface area (Å²) < 4.78 is 41.7. The third-order valence-corrected chi connectivity index (χ3v) is 9.37. The Kier molecular flexibility index (Phi) is 7.13. The van der Waals surface area contributed by atoms with Gasteiger partial charge in [-0.05, 0) is 66.3 Å². The van der Waals surface area contributed by atoms with E-state index in [2.05, 4.69) is 18.4 Å². The van der Waals surface area contributed by atoms with Gasteiger partial charge in [0.2, 0.25) is 15.9 Å². The third kappa shape index (κ3) is 4.87. The fourth-order valence-electron chi connectivity index (χ4n) is 5.78. The Balaban J connectivity index is 1.40. The van der Waals surface area contributed by atoms with E-state index < -0.39 is 15.9 Å². The van der Waals surface area contributed by atoms with Crippen molar-refractivity contribution in [3.05, 3.63) is 100 Å². The highest BCUT2D eigenvalue weighted by Gasteiger charge is 2.39. The number of nitrogens with two attached hydrogens (primary N) is 1. The van der Waals surface area contributed by atoms with Gasteiger partial charge in [0.05, 0.1) is 23.7 Å². The number of benzene rings is 2. The van der Waals surface area contributed by atoms with E-state index in [1.165, 1.54) is 33.7 Å². The number of amides is 1. The van der Waals surface area contributed by atoms with Gasteiger partial charge in [-0.15, -0.1) is 0 Å². The second-order valence-electron chi connectivity index (χ2n) is 9.87. The molecule has 0 unspecified atom stereocenters. The van der Waals surface area contributed by atoms with Crippen LogP contribution < -0.4 is 16.2 Å². The second kappa shape index (κ2) is 10.4. The topological polar surface area (TPSA) is 116 Å². The number of hydrogen-bond acceptors (Lipinski definition) is 6. The number of nitrogens with zero attached hydrogens (tertiary/aromatic N) is 2. The summed E-state index contributed by atoms with van der Waals surface area (Å²) >= 11 is 0. The van der Waals surface area contributed by atoms with Crippen molar-refractivity contribution in [2.75, 3.05) is 24.7 Å². The predicted octanol–water partition coefficient (Wildman–Crippen LogP) is 3.20. The Morgan fingerprint density at radius 2 is 1.95 bits per heavy atom. The fourth-order valence-corrected chi connectivity index (χ4v) is 7.38. The molecule has 4 N–H and O–H groups in total. The van der Waals surface area contributed by atoms with Gasteiger partial charge in [-0.25, -0.2) is 12.8 Å². The Morgan fingerprint density at radius 3 is 2.66 bits per heavy atom. The number of carbonyl (C=O) groups is 1. The molecule has 38 heavy (non-hydrogen) atoms. The van der Waals surface area contributed by atoms with E-state index in [4.69, 9.17) is 5.73 Å². The van der Waals surface area contributed by atoms with E-state index in [0.717, 1.165) is 29.8 Å². The lowest BCUT2D eigenvalue weighted by molar-refractivity contribution is 0.0999. The highest BCUT2D eigenvalue weighted by atomic mass is 32.2. The van der Waals surface area contributed by atoms with Crippen LogP contribution in [0.3, 0.4) is 0 Å². The molecule has 0 saturated heterocycles. The molecule has 2 aromatic rings. The zero-order valence-corrected chi connectivity index (χ0v) is 21.9. The average Bonchev–Trinajstić information content (AvgIpc) is 3.49. The van der Waals surface area contributed by atoms with Crippen molar-refractivity contribution in [3.63, 3.8) is 0 Å². The van der Waals surface area contributed by atoms with E-state index >= 15 is 0 Å². The van der Waals surface area contributed by atoms with Crippen LogP contribution in [0.4, 0.5) is 10.1 Å². The summed E-state index contributed by atoms with van der Waals surface area (Å²) in [7, 11) is -3.84. The summed E-state index contributed by atoms with van der Waals surface area (Å²) in [5.74, 6) is -1.29. The van der Waals surface area contributed by atoms with Crippen molar-refractivity contribution >= 4 is 21.6 Å². The van der Waals surface area contributed by atoms with Gasteiger partial charge in [0.15, 0.2) is 0 Å². The fraction of sp³-hybridized carbons (Fsp3) is 0.321. The van der Waals surface area contributed by atoms with Gasteiger partial charge in [0.25, 0.3) is 0 Å². The lowest BCUT2D eigenvalue weighted by atomic mass is 9.80. The van der Waals surface area contributed by atoms with Crippen LogP contribution in [0.2, 0.25) is 0 Å². The Morgan fingerprint density at radius 1 is 1.21 bits per heavy atom. The normalized spacial score (nSPS) is 20.7. The number of halogens is 1. The molecule has 0 spiro atoms. The third-order valence-electron chi connectivity index (χ3n) is 7.57. The first-order chi connectivity index (χ1) is 18.2. The minimum Gasteiger partial charge on any atom is -0.395 e. The molecule has 2 aromatic carbocycles. The highest BCUT2D eigenvalue weighted by molar-refractivity contribution is 7.88. The number of sulfonamides is 1. The quantitative estimate of drug-likeness (QED) is 0.452. The molecule has 10 heteroatoms. The van der Waals surface area contributed by atoms with Crippen molar-refractivity contribution < 1.29 is 22.7 Å². The number of primary amides is 1. The van der Waals surface area contributed by atoms with Crippen molar-refractivity contribution in [2.24, 2.45) is 17.6 Å². The molecule has 3 aliphatic rings. The molecule has 0 fully saturated rings. The number of aliphatic hydroxyl groups is 1. The molecule has 2 atom stereocenters. The molecular weight excluding hydrogens is 507 g/mol. The minimum absolute atomic E-state index is 0.00807. The SMILES string of the molecule is C[C@H]1C2=CNN(c3ccc(F)cc3)C2=CC2=C1[C@@H](CN(CCO)S(=O)(=O)Cc1ccccc1C(N)=O)CC2. The number of rotatable bonds is 9. The van der Waals surface area contributed by atoms with Crippen molar-refractivity contribution in [2.45, 2.75) is 25.5 Å². The zero-order chi connectivity index (χ0) is 27.0. The molecule has 1 amide bonds. The number of hydrazine groups is 1. The summed E-state index contributed by atoms with van der Waals surface area (Å²) in [4.78, 5) is 11.8. The van der Waals surface area contributed by atoms with Crippen molar-refractivity contribution in [1.29, 1.82) is 0 Å². The van der Waals surface area contributed by atoms with Gasteiger partial charge in [0, 0.05) is 36.3 Å². The van der Waals surface area contributed by atoms with Crippen LogP contribution in [-0.4, -0.2) is 43.4 Å². The van der Waals surface area contributed by atoms with Crippen LogP contribution >= 0.6 is 0 Å². The minimum atomic E-state index is -3.84. The molecule has 0 radical (unpaired) electrons. The molecule has 8 nitrogen and oxygen atoms in total. The van der Waals surface area contributed by atoms with Gasteiger partial charge in [0.1, 0.15) is 5.82 Å². The first kappa shape index (κ1) is 26.1. The number of carbonyl (C=O) groups excluding carboxylic acids is 1. The van der Waals surface area contributed by atoms with Crippen molar-refractivity contribution in [1.82, 2.24) is 9.73 Å². The number of fused-ring (bicyclic) bond motifs is 1. The number of hydrogen-bond donors (Lipinski definition) is 3. The van der Waals surface area contributed by atoms with Gasteiger partial charge < -0.3 is 16.3 Å². The van der Waals surface area contributed by atoms with Gasteiger partial charge in [-0.3, -0.25) is 9.80 Å². The lowest BCUT2D eigenvalue weighted by Gasteiger charge is -2.32. The maximum Gasteiger partial charge on any atom is 0.249 e. The number of aliphatic hydroxyl groups excluding tert-OH is 1. The maximum atomic E-state index is 13.5. The molecular formula is C28H31FN4O4S. The lowest BCUT2D eigenvalue weighted by Crippen LogP contribution is -2.39. The number of anilines is 1. The highest BCUT2D eigenvalue weighted by Crippen LogP contribution is 2.48. The maximum absolute atomic E-state index is 13.5. The van der Waals surface area contributed by atoms with Crippen LogP contribution in [0.25, 0.3) is 0 Å². The van der Waals surface area contributed by atoms with E-state index in [0.29, 0.717) is 5.56 Å². The molecule has 1 aliphatic heterocycles.